The van der Waals surface area contributed by atoms with Gasteiger partial charge in [0.1, 0.15) is 35.5 Å². The van der Waals surface area contributed by atoms with E-state index in [0.717, 1.165) is 16.7 Å². The molecule has 3 heterocycles. The van der Waals surface area contributed by atoms with Gasteiger partial charge in [-0.05, 0) is 22.3 Å². The monoisotopic (exact) mass is 791 g/mol. The number of halogens is 1. The number of aromatic nitrogens is 1. The average Bonchev–Trinajstić information content (AvgIpc) is 3.59. The predicted molar refractivity (Wildman–Crippen MR) is 196 cm³/mol. The molecule has 2 amide bonds. The molecule has 13 heteroatoms. The quantitative estimate of drug-likeness (QED) is 0.0421. The first-order chi connectivity index (χ1) is 23.4. The molecule has 2 aliphatic rings. The second-order valence-electron chi connectivity index (χ2n) is 10.7. The zero-order valence-electron chi connectivity index (χ0n) is 25.6. The van der Waals surface area contributed by atoms with E-state index in [-0.39, 0.29) is 17.1 Å². The number of alkyl halides is 1. The van der Waals surface area contributed by atoms with E-state index in [2.05, 4.69) is 74.8 Å². The maximum absolute atomic E-state index is 13.6. The second kappa shape index (κ2) is 14.7. The fraction of sp³-hybridized carbons (Fsp3) is 0.171. The molecule has 0 bridgehead atoms. The van der Waals surface area contributed by atoms with E-state index >= 15 is 0 Å². The van der Waals surface area contributed by atoms with Crippen LogP contribution in [-0.4, -0.2) is 67.2 Å². The summed E-state index contributed by atoms with van der Waals surface area (Å²) in [5.74, 6) is -1.96. The van der Waals surface area contributed by atoms with Crippen molar-refractivity contribution in [2.45, 2.75) is 17.0 Å². The van der Waals surface area contributed by atoms with E-state index in [4.69, 9.17) is 9.82 Å². The molecule has 2 atom stereocenters. The number of hydrogen-bond acceptors (Lipinski definition) is 9. The number of nitrogens with one attached hydrogen (secondary N) is 2. The van der Waals surface area contributed by atoms with Crippen LogP contribution in [0.5, 0.6) is 0 Å². The number of aliphatic carboxylic acids is 1. The van der Waals surface area contributed by atoms with Crippen LogP contribution >= 0.6 is 45.7 Å². The van der Waals surface area contributed by atoms with E-state index in [1.54, 1.807) is 11.5 Å². The molecule has 4 aromatic rings. The highest BCUT2D eigenvalue weighted by Crippen LogP contribution is 2.42. The first-order valence-electron chi connectivity index (χ1n) is 14.8. The first-order valence-corrected chi connectivity index (χ1v) is 18.3. The number of fused-ring (bicyclic) bond motifs is 1. The highest BCUT2D eigenvalue weighted by Gasteiger charge is 2.54. The number of carboxylic acids is 1. The van der Waals surface area contributed by atoms with Crippen LogP contribution in [-0.2, 0) is 24.8 Å². The van der Waals surface area contributed by atoms with Crippen molar-refractivity contribution < 1.29 is 24.3 Å². The molecule has 0 aliphatic carbocycles. The first kappa shape index (κ1) is 33.4. The molecule has 1 saturated heterocycles. The summed E-state index contributed by atoms with van der Waals surface area (Å²) in [6, 6.07) is 29.3. The molecule has 1 fully saturated rings. The second-order valence-corrected chi connectivity index (χ2v) is 13.6. The van der Waals surface area contributed by atoms with Crippen LogP contribution in [0.2, 0.25) is 0 Å². The van der Waals surface area contributed by atoms with Crippen LogP contribution in [0.1, 0.15) is 22.4 Å². The summed E-state index contributed by atoms with van der Waals surface area (Å²) < 4.78 is 0.704. The lowest BCUT2D eigenvalue weighted by Crippen LogP contribution is -2.71. The fourth-order valence-electron chi connectivity index (χ4n) is 5.84. The van der Waals surface area contributed by atoms with Crippen molar-refractivity contribution in [2.24, 2.45) is 5.16 Å². The number of carbonyl (C=O) groups excluding carboxylic acids is 2. The van der Waals surface area contributed by atoms with E-state index in [0.29, 0.717) is 20.9 Å². The molecular formula is C35H30IN5O5S2. The molecular weight excluding hydrogens is 761 g/mol. The van der Waals surface area contributed by atoms with Gasteiger partial charge in [0.15, 0.2) is 10.8 Å². The van der Waals surface area contributed by atoms with Gasteiger partial charge in [-0.15, -0.1) is 23.1 Å². The lowest BCUT2D eigenvalue weighted by molar-refractivity contribution is -0.150. The number of amides is 2. The van der Waals surface area contributed by atoms with Crippen molar-refractivity contribution in [1.82, 2.24) is 15.2 Å². The van der Waals surface area contributed by atoms with Crippen molar-refractivity contribution in [3.8, 4) is 0 Å². The Hall–Kier alpha value is -4.47. The molecule has 1 aromatic heterocycles. The van der Waals surface area contributed by atoms with Crippen LogP contribution < -0.4 is 10.6 Å². The summed E-state index contributed by atoms with van der Waals surface area (Å²) in [4.78, 5) is 50.0. The van der Waals surface area contributed by atoms with Crippen LogP contribution in [0.25, 0.3) is 0 Å². The topological polar surface area (TPSA) is 133 Å². The molecule has 0 spiro atoms. The van der Waals surface area contributed by atoms with E-state index in [9.17, 15) is 19.5 Å². The summed E-state index contributed by atoms with van der Waals surface area (Å²) in [5, 5.41) is 22.0. The SMILES string of the molecule is CON=C(C(=O)N[C@@H]1C(=O)N2C(C(=O)O)=C(C=CCI)CS[C@@H]12)c1csc(NC(c2ccccc2)(c2ccccc2)c2ccccc2)n1. The number of nitrogens with zero attached hydrogens (tertiary/aromatic N) is 3. The number of anilines is 1. The largest absolute Gasteiger partial charge is 0.477 e. The minimum Gasteiger partial charge on any atom is -0.477 e. The minimum absolute atomic E-state index is 0.0601. The number of carbonyl (C=O) groups is 3. The third-order valence-electron chi connectivity index (χ3n) is 7.95. The Bertz CT molecular complexity index is 1800. The number of β-lactam (4-membered cyclic amide) rings is 1. The van der Waals surface area contributed by atoms with Gasteiger partial charge in [0.2, 0.25) is 0 Å². The maximum Gasteiger partial charge on any atom is 0.352 e. The summed E-state index contributed by atoms with van der Waals surface area (Å²) in [6.45, 7) is 0. The number of carboxylic acid groups (broad SMARTS) is 1. The molecule has 3 N–H and O–H groups in total. The molecule has 0 radical (unpaired) electrons. The Morgan fingerprint density at radius 3 is 2.15 bits per heavy atom. The van der Waals surface area contributed by atoms with Crippen LogP contribution in [0.15, 0.2) is 125 Å². The van der Waals surface area contributed by atoms with Gasteiger partial charge in [-0.25, -0.2) is 9.78 Å². The molecule has 48 heavy (non-hydrogen) atoms. The number of thioether (sulfide) groups is 1. The Labute approximate surface area is 299 Å². The lowest BCUT2D eigenvalue weighted by atomic mass is 9.77. The maximum atomic E-state index is 13.6. The summed E-state index contributed by atoms with van der Waals surface area (Å²) in [6.07, 6.45) is 3.58. The third kappa shape index (κ3) is 6.36. The van der Waals surface area contributed by atoms with Gasteiger partial charge in [-0.3, -0.25) is 14.5 Å². The van der Waals surface area contributed by atoms with E-state index in [1.807, 2.05) is 60.7 Å². The van der Waals surface area contributed by atoms with Crippen molar-refractivity contribution in [2.75, 3.05) is 22.6 Å². The Kier molecular flexibility index (Phi) is 10.3. The van der Waals surface area contributed by atoms with Gasteiger partial charge in [-0.2, -0.15) is 0 Å². The van der Waals surface area contributed by atoms with Gasteiger partial charge >= 0.3 is 5.97 Å². The zero-order chi connectivity index (χ0) is 33.7. The average molecular weight is 792 g/mol. The number of allylic oxidation sites excluding steroid dienone is 2. The normalized spacial score (nSPS) is 17.9. The Balaban J connectivity index is 1.29. The zero-order valence-corrected chi connectivity index (χ0v) is 29.4. The summed E-state index contributed by atoms with van der Waals surface area (Å²) >= 11 is 4.86. The Morgan fingerprint density at radius 2 is 1.62 bits per heavy atom. The highest BCUT2D eigenvalue weighted by molar-refractivity contribution is 14.1. The van der Waals surface area contributed by atoms with Crippen molar-refractivity contribution in [3.63, 3.8) is 0 Å². The molecule has 244 valence electrons. The fourth-order valence-corrected chi connectivity index (χ4v) is 8.17. The number of hydrogen-bond donors (Lipinski definition) is 3. The molecule has 6 rings (SSSR count). The molecule has 2 aliphatic heterocycles. The standard InChI is InChI=1S/C35H30IN5O5S2/c1-46-40-27(30(42)38-28-31(43)41-29(33(44)45)22(12-11-19-36)20-47-32(28)41)26-21-48-34(37-26)39-35(23-13-5-2-6-14-23,24-15-7-3-8-16-24)25-17-9-4-10-18-25/h2-18,21,28,32H,19-20H2,1H3,(H,37,39)(H,38,42)(H,44,45)/t28-,32+/m1/s1. The summed E-state index contributed by atoms with van der Waals surface area (Å²) in [7, 11) is 1.33. The number of oxime groups is 1. The number of rotatable bonds is 12. The Morgan fingerprint density at radius 1 is 1.04 bits per heavy atom. The number of thiazole rings is 1. The van der Waals surface area contributed by atoms with Crippen molar-refractivity contribution in [3.05, 3.63) is 142 Å². The van der Waals surface area contributed by atoms with E-state index in [1.165, 1.54) is 35.1 Å². The molecule has 0 unspecified atom stereocenters. The molecule has 10 nitrogen and oxygen atoms in total. The smallest absolute Gasteiger partial charge is 0.352 e. The predicted octanol–water partition coefficient (Wildman–Crippen LogP) is 5.63. The van der Waals surface area contributed by atoms with Crippen LogP contribution in [0, 0.1) is 0 Å². The highest BCUT2D eigenvalue weighted by atomic mass is 127. The third-order valence-corrected chi connectivity index (χ3v) is 10.5. The molecule has 3 aromatic carbocycles. The van der Waals surface area contributed by atoms with Crippen LogP contribution in [0.3, 0.4) is 0 Å². The van der Waals surface area contributed by atoms with Gasteiger partial charge in [0.25, 0.3) is 11.8 Å². The van der Waals surface area contributed by atoms with Gasteiger partial charge in [0.05, 0.1) is 0 Å². The molecule has 0 saturated carbocycles. The van der Waals surface area contributed by atoms with Crippen molar-refractivity contribution in [1.29, 1.82) is 0 Å². The van der Waals surface area contributed by atoms with E-state index < -0.39 is 34.7 Å². The number of benzene rings is 3. The summed E-state index contributed by atoms with van der Waals surface area (Å²) in [5.41, 5.74) is 2.77. The van der Waals surface area contributed by atoms with Gasteiger partial charge < -0.3 is 20.6 Å². The minimum atomic E-state index is -1.19. The van der Waals surface area contributed by atoms with Gasteiger partial charge in [0, 0.05) is 15.6 Å². The van der Waals surface area contributed by atoms with Gasteiger partial charge in [-0.1, -0.05) is 131 Å². The van der Waals surface area contributed by atoms with Crippen LogP contribution in [0.4, 0.5) is 5.13 Å². The lowest BCUT2D eigenvalue weighted by Gasteiger charge is -2.49. The van der Waals surface area contributed by atoms with Crippen molar-refractivity contribution >= 4 is 74.3 Å².